The Morgan fingerprint density at radius 1 is 1.18 bits per heavy atom. The molecule has 0 saturated carbocycles. The SMILES string of the molecule is Cc1nc(N[C@H](C)c2cccc(C(F)(F)C(C)(C)O)c2F)c2cc3c(cc2n1)C(C)(C)C(=O)N3. The number of nitrogens with zero attached hydrogens (tertiary/aromatic N) is 2. The van der Waals surface area contributed by atoms with Gasteiger partial charge in [-0.25, -0.2) is 14.4 Å². The van der Waals surface area contributed by atoms with Gasteiger partial charge in [0.25, 0.3) is 0 Å². The number of hydrogen-bond acceptors (Lipinski definition) is 5. The fraction of sp³-hybridized carbons (Fsp3) is 0.400. The molecule has 0 radical (unpaired) electrons. The fourth-order valence-corrected chi connectivity index (χ4v) is 4.16. The normalized spacial score (nSPS) is 16.4. The molecule has 3 N–H and O–H groups in total. The van der Waals surface area contributed by atoms with Gasteiger partial charge < -0.3 is 15.7 Å². The monoisotopic (exact) mass is 472 g/mol. The molecule has 0 spiro atoms. The molecule has 9 heteroatoms. The number of halogens is 3. The number of nitrogens with one attached hydrogen (secondary N) is 2. The first-order chi connectivity index (χ1) is 15.6. The minimum atomic E-state index is -3.80. The van der Waals surface area contributed by atoms with Crippen LogP contribution in [0, 0.1) is 12.7 Å². The molecule has 0 unspecified atom stereocenters. The maximum atomic E-state index is 15.2. The molecule has 180 valence electrons. The summed E-state index contributed by atoms with van der Waals surface area (Å²) in [6.07, 6.45) is 0. The van der Waals surface area contributed by atoms with E-state index in [2.05, 4.69) is 20.6 Å². The first kappa shape index (κ1) is 23.9. The molecule has 0 saturated heterocycles. The molecule has 2 heterocycles. The lowest BCUT2D eigenvalue weighted by molar-refractivity contribution is -0.170. The number of fused-ring (bicyclic) bond motifs is 2. The molecule has 0 aliphatic carbocycles. The first-order valence-corrected chi connectivity index (χ1v) is 10.9. The van der Waals surface area contributed by atoms with Crippen molar-refractivity contribution in [2.75, 3.05) is 10.6 Å². The minimum absolute atomic E-state index is 0.00133. The summed E-state index contributed by atoms with van der Waals surface area (Å²) >= 11 is 0. The third-order valence-electron chi connectivity index (χ3n) is 6.39. The van der Waals surface area contributed by atoms with E-state index in [-0.39, 0.29) is 11.5 Å². The average Bonchev–Trinajstić information content (AvgIpc) is 2.94. The lowest BCUT2D eigenvalue weighted by Gasteiger charge is -2.30. The molecule has 2 aromatic carbocycles. The number of benzene rings is 2. The van der Waals surface area contributed by atoms with Gasteiger partial charge in [-0.2, -0.15) is 8.78 Å². The van der Waals surface area contributed by atoms with Crippen molar-refractivity contribution in [1.82, 2.24) is 9.97 Å². The Labute approximate surface area is 195 Å². The van der Waals surface area contributed by atoms with Gasteiger partial charge in [-0.05, 0) is 65.3 Å². The van der Waals surface area contributed by atoms with Crippen LogP contribution in [0.4, 0.5) is 24.7 Å². The smallest absolute Gasteiger partial charge is 0.303 e. The van der Waals surface area contributed by atoms with Gasteiger partial charge in [0.1, 0.15) is 23.1 Å². The minimum Gasteiger partial charge on any atom is -0.384 e. The third kappa shape index (κ3) is 3.68. The van der Waals surface area contributed by atoms with Crippen LogP contribution in [0.2, 0.25) is 0 Å². The summed E-state index contributed by atoms with van der Waals surface area (Å²) in [6, 6.07) is 6.57. The van der Waals surface area contributed by atoms with Gasteiger partial charge in [-0.15, -0.1) is 0 Å². The molecule has 4 rings (SSSR count). The third-order valence-corrected chi connectivity index (χ3v) is 6.39. The van der Waals surface area contributed by atoms with E-state index in [1.807, 2.05) is 19.9 Å². The van der Waals surface area contributed by atoms with Crippen molar-refractivity contribution in [3.63, 3.8) is 0 Å². The maximum absolute atomic E-state index is 15.2. The molecule has 1 aromatic heterocycles. The van der Waals surface area contributed by atoms with Crippen LogP contribution in [-0.2, 0) is 16.1 Å². The molecule has 6 nitrogen and oxygen atoms in total. The highest BCUT2D eigenvalue weighted by Crippen LogP contribution is 2.43. The van der Waals surface area contributed by atoms with Gasteiger partial charge >= 0.3 is 5.92 Å². The van der Waals surface area contributed by atoms with E-state index in [0.29, 0.717) is 28.2 Å². The second-order valence-electron chi connectivity index (χ2n) is 9.82. The number of amides is 1. The number of hydrogen-bond donors (Lipinski definition) is 3. The van der Waals surface area contributed by atoms with Crippen LogP contribution in [0.1, 0.15) is 63.2 Å². The van der Waals surface area contributed by atoms with Crippen LogP contribution >= 0.6 is 0 Å². The molecule has 1 aliphatic heterocycles. The zero-order valence-corrected chi connectivity index (χ0v) is 19.8. The van der Waals surface area contributed by atoms with Crippen LogP contribution in [0.5, 0.6) is 0 Å². The van der Waals surface area contributed by atoms with Crippen LogP contribution < -0.4 is 10.6 Å². The van der Waals surface area contributed by atoms with E-state index in [1.165, 1.54) is 12.1 Å². The molecule has 1 amide bonds. The second kappa shape index (κ2) is 7.66. The number of aliphatic hydroxyl groups is 1. The number of aromatic nitrogens is 2. The number of rotatable bonds is 5. The standard InChI is InChI=1S/C25H27F3N4O2/c1-12(14-8-7-9-16(20(14)26)25(27,28)24(5,6)34)29-21-15-10-19-17(23(3,4)22(33)32-19)11-18(15)30-13(2)31-21/h7-12,34H,1-6H3,(H,32,33)(H,29,30,31)/t12-/m1/s1. The zero-order valence-electron chi connectivity index (χ0n) is 19.8. The molecule has 3 aromatic rings. The van der Waals surface area contributed by atoms with E-state index < -0.39 is 34.4 Å². The molecule has 34 heavy (non-hydrogen) atoms. The largest absolute Gasteiger partial charge is 0.384 e. The summed E-state index contributed by atoms with van der Waals surface area (Å²) in [7, 11) is 0. The summed E-state index contributed by atoms with van der Waals surface area (Å²) in [5, 5.41) is 16.5. The van der Waals surface area contributed by atoms with E-state index >= 15 is 4.39 Å². The first-order valence-electron chi connectivity index (χ1n) is 10.9. The average molecular weight is 473 g/mol. The zero-order chi connectivity index (χ0) is 25.2. The van der Waals surface area contributed by atoms with E-state index in [0.717, 1.165) is 25.5 Å². The Bertz CT molecular complexity index is 1320. The summed E-state index contributed by atoms with van der Waals surface area (Å²) in [5.74, 6) is -4.18. The number of alkyl halides is 2. The summed E-state index contributed by atoms with van der Waals surface area (Å²) in [6.45, 7) is 8.88. The van der Waals surface area contributed by atoms with Crippen LogP contribution in [0.25, 0.3) is 10.9 Å². The van der Waals surface area contributed by atoms with Crippen molar-refractivity contribution in [2.45, 2.75) is 64.5 Å². The Kier molecular flexibility index (Phi) is 5.39. The maximum Gasteiger partial charge on any atom is 0.303 e. The second-order valence-corrected chi connectivity index (χ2v) is 9.82. The van der Waals surface area contributed by atoms with Crippen molar-refractivity contribution < 1.29 is 23.1 Å². The van der Waals surface area contributed by atoms with Crippen molar-refractivity contribution in [2.24, 2.45) is 0 Å². The summed E-state index contributed by atoms with van der Waals surface area (Å²) in [5.41, 5.74) is -1.97. The van der Waals surface area contributed by atoms with E-state index in [4.69, 9.17) is 0 Å². The molecule has 0 bridgehead atoms. The topological polar surface area (TPSA) is 87.1 Å². The highest BCUT2D eigenvalue weighted by Gasteiger charge is 2.49. The van der Waals surface area contributed by atoms with Crippen LogP contribution in [-0.4, -0.2) is 26.6 Å². The molecular weight excluding hydrogens is 445 g/mol. The van der Waals surface area contributed by atoms with Gasteiger partial charge in [0, 0.05) is 16.6 Å². The number of carbonyl (C=O) groups is 1. The van der Waals surface area contributed by atoms with E-state index in [1.54, 1.807) is 19.9 Å². The van der Waals surface area contributed by atoms with Gasteiger partial charge in [0.05, 0.1) is 22.5 Å². The van der Waals surface area contributed by atoms with Gasteiger partial charge in [0.2, 0.25) is 5.91 Å². The fourth-order valence-electron chi connectivity index (χ4n) is 4.16. The number of aryl methyl sites for hydroxylation is 1. The summed E-state index contributed by atoms with van der Waals surface area (Å²) < 4.78 is 44.7. The van der Waals surface area contributed by atoms with E-state index in [9.17, 15) is 18.7 Å². The highest BCUT2D eigenvalue weighted by molar-refractivity contribution is 6.08. The highest BCUT2D eigenvalue weighted by atomic mass is 19.3. The number of carbonyl (C=O) groups excluding carboxylic acids is 1. The quantitative estimate of drug-likeness (QED) is 0.467. The summed E-state index contributed by atoms with van der Waals surface area (Å²) in [4.78, 5) is 21.3. The van der Waals surface area contributed by atoms with Crippen LogP contribution in [0.15, 0.2) is 30.3 Å². The molecular formula is C25H27F3N4O2. The lowest BCUT2D eigenvalue weighted by Crippen LogP contribution is -2.41. The molecule has 1 atom stereocenters. The molecule has 0 fully saturated rings. The number of anilines is 2. The Morgan fingerprint density at radius 2 is 1.85 bits per heavy atom. The van der Waals surface area contributed by atoms with Gasteiger partial charge in [-0.1, -0.05) is 12.1 Å². The van der Waals surface area contributed by atoms with Gasteiger partial charge in [0.15, 0.2) is 0 Å². The van der Waals surface area contributed by atoms with Crippen molar-refractivity contribution in [1.29, 1.82) is 0 Å². The lowest BCUT2D eigenvalue weighted by atomic mass is 9.86. The van der Waals surface area contributed by atoms with Crippen LogP contribution in [0.3, 0.4) is 0 Å². The van der Waals surface area contributed by atoms with Crippen molar-refractivity contribution in [3.05, 3.63) is 58.7 Å². The van der Waals surface area contributed by atoms with Gasteiger partial charge in [-0.3, -0.25) is 4.79 Å². The Hall–Kier alpha value is -3.20. The Balaban J connectivity index is 1.77. The predicted molar refractivity (Wildman–Crippen MR) is 125 cm³/mol. The Morgan fingerprint density at radius 3 is 2.50 bits per heavy atom. The predicted octanol–water partition coefficient (Wildman–Crippen LogP) is 5.34. The van der Waals surface area contributed by atoms with Crippen molar-refractivity contribution >= 4 is 28.3 Å². The molecule has 1 aliphatic rings. The van der Waals surface area contributed by atoms with Crippen molar-refractivity contribution in [3.8, 4) is 0 Å².